The molecule has 10 heteroatoms. The zero-order valence-corrected chi connectivity index (χ0v) is 13.2. The minimum Gasteiger partial charge on any atom is -0.484 e. The Morgan fingerprint density at radius 2 is 1.73 bits per heavy atom. The van der Waals surface area contributed by atoms with E-state index in [9.17, 15) is 28.5 Å². The fourth-order valence-corrected chi connectivity index (χ4v) is 1.82. The highest BCUT2D eigenvalue weighted by atomic mass is 19.2. The van der Waals surface area contributed by atoms with Crippen molar-refractivity contribution in [2.75, 3.05) is 18.5 Å². The van der Waals surface area contributed by atoms with Gasteiger partial charge < -0.3 is 15.4 Å². The monoisotopic (exact) mass is 365 g/mol. The summed E-state index contributed by atoms with van der Waals surface area (Å²) < 4.78 is 30.9. The van der Waals surface area contributed by atoms with Crippen LogP contribution in [0.2, 0.25) is 0 Å². The summed E-state index contributed by atoms with van der Waals surface area (Å²) in [5.74, 6) is -3.15. The lowest BCUT2D eigenvalue weighted by molar-refractivity contribution is -0.384. The Morgan fingerprint density at radius 3 is 2.35 bits per heavy atom. The lowest BCUT2D eigenvalue weighted by atomic mass is 10.3. The third kappa shape index (κ3) is 5.51. The average Bonchev–Trinajstić information content (AvgIpc) is 2.61. The maximum Gasteiger partial charge on any atom is 0.269 e. The Bertz CT molecular complexity index is 827. The molecule has 0 heterocycles. The molecule has 2 amide bonds. The van der Waals surface area contributed by atoms with Gasteiger partial charge in [-0.25, -0.2) is 8.78 Å². The average molecular weight is 365 g/mol. The van der Waals surface area contributed by atoms with E-state index in [-0.39, 0.29) is 17.1 Å². The van der Waals surface area contributed by atoms with Crippen LogP contribution in [-0.2, 0) is 9.59 Å². The summed E-state index contributed by atoms with van der Waals surface area (Å²) in [6.07, 6.45) is 0. The second-order valence-corrected chi connectivity index (χ2v) is 4.99. The van der Waals surface area contributed by atoms with Gasteiger partial charge in [-0.2, -0.15) is 0 Å². The number of ether oxygens (including phenoxy) is 1. The summed E-state index contributed by atoms with van der Waals surface area (Å²) in [6, 6.07) is 7.97. The second kappa shape index (κ2) is 8.51. The van der Waals surface area contributed by atoms with Gasteiger partial charge in [0.1, 0.15) is 5.75 Å². The summed E-state index contributed by atoms with van der Waals surface area (Å²) in [4.78, 5) is 33.2. The van der Waals surface area contributed by atoms with E-state index in [0.717, 1.165) is 12.1 Å². The molecular formula is C16H13F2N3O5. The molecule has 0 aromatic heterocycles. The van der Waals surface area contributed by atoms with Crippen molar-refractivity contribution >= 4 is 23.2 Å². The molecular weight excluding hydrogens is 352 g/mol. The fourth-order valence-electron chi connectivity index (χ4n) is 1.82. The van der Waals surface area contributed by atoms with E-state index in [0.29, 0.717) is 0 Å². The Labute approximate surface area is 145 Å². The smallest absolute Gasteiger partial charge is 0.269 e. The number of carbonyl (C=O) groups excluding carboxylic acids is 2. The van der Waals surface area contributed by atoms with Crippen molar-refractivity contribution in [2.24, 2.45) is 0 Å². The first-order valence-corrected chi connectivity index (χ1v) is 7.24. The minimum atomic E-state index is -1.11. The highest BCUT2D eigenvalue weighted by Crippen LogP contribution is 2.17. The molecule has 2 rings (SSSR count). The van der Waals surface area contributed by atoms with Crippen LogP contribution in [0.25, 0.3) is 0 Å². The number of hydrogen-bond acceptors (Lipinski definition) is 5. The number of nitrogens with zero attached hydrogens (tertiary/aromatic N) is 1. The van der Waals surface area contributed by atoms with E-state index in [2.05, 4.69) is 10.6 Å². The van der Waals surface area contributed by atoms with Gasteiger partial charge in [-0.05, 0) is 24.3 Å². The number of amides is 2. The number of halogens is 2. The van der Waals surface area contributed by atoms with Crippen LogP contribution in [-0.4, -0.2) is 29.9 Å². The molecule has 0 aliphatic carbocycles. The van der Waals surface area contributed by atoms with Crippen LogP contribution >= 0.6 is 0 Å². The molecule has 0 atom stereocenters. The van der Waals surface area contributed by atoms with Crippen LogP contribution in [0.5, 0.6) is 5.75 Å². The van der Waals surface area contributed by atoms with Crippen LogP contribution in [0.4, 0.5) is 20.2 Å². The molecule has 0 radical (unpaired) electrons. The minimum absolute atomic E-state index is 0.0466. The Kier molecular flexibility index (Phi) is 6.15. The summed E-state index contributed by atoms with van der Waals surface area (Å²) in [5, 5.41) is 15.1. The third-order valence-corrected chi connectivity index (χ3v) is 3.07. The topological polar surface area (TPSA) is 111 Å². The quantitative estimate of drug-likeness (QED) is 0.576. The highest BCUT2D eigenvalue weighted by molar-refractivity contribution is 5.94. The first kappa shape index (κ1) is 18.8. The Morgan fingerprint density at radius 1 is 1.04 bits per heavy atom. The number of benzene rings is 2. The van der Waals surface area contributed by atoms with Gasteiger partial charge in [0, 0.05) is 23.9 Å². The molecule has 0 aliphatic rings. The van der Waals surface area contributed by atoms with E-state index in [1.807, 2.05) is 0 Å². The van der Waals surface area contributed by atoms with Crippen LogP contribution in [0.15, 0.2) is 42.5 Å². The van der Waals surface area contributed by atoms with Crippen molar-refractivity contribution in [1.82, 2.24) is 5.32 Å². The van der Waals surface area contributed by atoms with Gasteiger partial charge in [-0.15, -0.1) is 0 Å². The van der Waals surface area contributed by atoms with E-state index >= 15 is 0 Å². The summed E-state index contributed by atoms with van der Waals surface area (Å²) in [6.45, 7) is -0.808. The van der Waals surface area contributed by atoms with Crippen molar-refractivity contribution in [3.05, 3.63) is 64.2 Å². The largest absolute Gasteiger partial charge is 0.484 e. The van der Waals surface area contributed by atoms with Gasteiger partial charge in [-0.1, -0.05) is 0 Å². The van der Waals surface area contributed by atoms with Gasteiger partial charge in [0.2, 0.25) is 5.91 Å². The molecule has 8 nitrogen and oxygen atoms in total. The van der Waals surface area contributed by atoms with Gasteiger partial charge in [0.05, 0.1) is 11.5 Å². The molecule has 26 heavy (non-hydrogen) atoms. The lowest BCUT2D eigenvalue weighted by Gasteiger charge is -2.08. The van der Waals surface area contributed by atoms with Crippen molar-refractivity contribution in [3.63, 3.8) is 0 Å². The van der Waals surface area contributed by atoms with Gasteiger partial charge in [-0.3, -0.25) is 19.7 Å². The molecule has 2 N–H and O–H groups in total. The van der Waals surface area contributed by atoms with Crippen LogP contribution in [0, 0.1) is 21.7 Å². The van der Waals surface area contributed by atoms with Gasteiger partial charge in [0.25, 0.3) is 11.6 Å². The zero-order valence-electron chi connectivity index (χ0n) is 13.2. The lowest BCUT2D eigenvalue weighted by Crippen LogP contribution is -2.35. The Hall–Kier alpha value is -3.56. The highest BCUT2D eigenvalue weighted by Gasteiger charge is 2.09. The maximum atomic E-state index is 13.0. The van der Waals surface area contributed by atoms with Gasteiger partial charge in [0.15, 0.2) is 18.2 Å². The number of nitro benzene ring substituents is 1. The number of rotatable bonds is 7. The van der Waals surface area contributed by atoms with Crippen molar-refractivity contribution in [2.45, 2.75) is 0 Å². The SMILES string of the molecule is O=C(COc1ccc([N+](=O)[O-])cc1)NCC(=O)Nc1ccc(F)c(F)c1. The number of carbonyl (C=O) groups is 2. The Balaban J connectivity index is 1.74. The molecule has 0 unspecified atom stereocenters. The van der Waals surface area contributed by atoms with E-state index in [4.69, 9.17) is 4.74 Å². The molecule has 0 aliphatic heterocycles. The van der Waals surface area contributed by atoms with Crippen molar-refractivity contribution in [3.8, 4) is 5.75 Å². The number of non-ortho nitro benzene ring substituents is 1. The first-order valence-electron chi connectivity index (χ1n) is 7.24. The fraction of sp³-hybridized carbons (Fsp3) is 0.125. The van der Waals surface area contributed by atoms with E-state index in [1.165, 1.54) is 30.3 Å². The maximum absolute atomic E-state index is 13.0. The molecule has 0 saturated carbocycles. The number of nitrogens with one attached hydrogen (secondary N) is 2. The van der Waals surface area contributed by atoms with Crippen LogP contribution < -0.4 is 15.4 Å². The molecule has 0 fully saturated rings. The summed E-state index contributed by atoms with van der Waals surface area (Å²) in [7, 11) is 0. The predicted octanol–water partition coefficient (Wildman–Crippen LogP) is 2.01. The summed E-state index contributed by atoms with van der Waals surface area (Å²) in [5.41, 5.74) is -0.0685. The number of hydrogen-bond donors (Lipinski definition) is 2. The van der Waals surface area contributed by atoms with Gasteiger partial charge >= 0.3 is 0 Å². The van der Waals surface area contributed by atoms with E-state index in [1.54, 1.807) is 0 Å². The van der Waals surface area contributed by atoms with Crippen LogP contribution in [0.3, 0.4) is 0 Å². The normalized spacial score (nSPS) is 10.1. The van der Waals surface area contributed by atoms with Crippen LogP contribution in [0.1, 0.15) is 0 Å². The first-order chi connectivity index (χ1) is 12.3. The molecule has 2 aromatic carbocycles. The second-order valence-electron chi connectivity index (χ2n) is 4.99. The standard InChI is InChI=1S/C16H13F2N3O5/c17-13-6-1-10(7-14(13)18)20-15(22)8-19-16(23)9-26-12-4-2-11(3-5-12)21(24)25/h1-7H,8-9H2,(H,19,23)(H,20,22). The molecule has 136 valence electrons. The molecule has 0 spiro atoms. The zero-order chi connectivity index (χ0) is 19.1. The third-order valence-electron chi connectivity index (χ3n) is 3.07. The van der Waals surface area contributed by atoms with E-state index < -0.39 is 41.5 Å². The molecule has 2 aromatic rings. The molecule has 0 saturated heterocycles. The van der Waals surface area contributed by atoms with Crippen molar-refractivity contribution in [1.29, 1.82) is 0 Å². The summed E-state index contributed by atoms with van der Waals surface area (Å²) >= 11 is 0. The van der Waals surface area contributed by atoms with Crippen molar-refractivity contribution < 1.29 is 28.0 Å². The number of anilines is 1. The molecule has 0 bridgehead atoms. The number of nitro groups is 1. The predicted molar refractivity (Wildman–Crippen MR) is 86.6 cm³/mol.